The van der Waals surface area contributed by atoms with E-state index >= 15 is 0 Å². The fourth-order valence-corrected chi connectivity index (χ4v) is 4.26. The number of aryl methyl sites for hydroxylation is 1. The Bertz CT molecular complexity index is 1140. The lowest BCUT2D eigenvalue weighted by atomic mass is 10.1. The number of hydrogen-bond donors (Lipinski definition) is 1. The van der Waals surface area contributed by atoms with Crippen molar-refractivity contribution >= 4 is 49.9 Å². The lowest BCUT2D eigenvalue weighted by Gasteiger charge is -2.28. The van der Waals surface area contributed by atoms with Crippen molar-refractivity contribution in [2.24, 2.45) is 0 Å². The molecule has 0 aliphatic carbocycles. The van der Waals surface area contributed by atoms with E-state index in [1.54, 1.807) is 23.1 Å². The first kappa shape index (κ1) is 20.3. The highest BCUT2D eigenvalue weighted by molar-refractivity contribution is 9.10. The molecular formula is C22H18BrN3O3S. The van der Waals surface area contributed by atoms with Crippen molar-refractivity contribution in [1.29, 1.82) is 0 Å². The number of hydrogen-bond acceptors (Lipinski definition) is 5. The van der Waals surface area contributed by atoms with Crippen LogP contribution in [0, 0.1) is 6.92 Å². The quantitative estimate of drug-likeness (QED) is 0.515. The maximum Gasteiger partial charge on any atom is 0.265 e. The SMILES string of the molecule is C=CCN1C(=O)COc2ccc(-c3nc(NC(=O)c4ccc(Br)cc4)sc3C)cc21. The van der Waals surface area contributed by atoms with E-state index in [4.69, 9.17) is 4.74 Å². The number of rotatable bonds is 5. The highest BCUT2D eigenvalue weighted by atomic mass is 79.9. The van der Waals surface area contributed by atoms with Gasteiger partial charge >= 0.3 is 0 Å². The van der Waals surface area contributed by atoms with Gasteiger partial charge < -0.3 is 9.64 Å². The molecule has 1 aliphatic rings. The Balaban J connectivity index is 1.62. The van der Waals surface area contributed by atoms with Gasteiger partial charge in [0.15, 0.2) is 11.7 Å². The number of nitrogens with zero attached hydrogens (tertiary/aromatic N) is 2. The van der Waals surface area contributed by atoms with Gasteiger partial charge in [-0.3, -0.25) is 14.9 Å². The van der Waals surface area contributed by atoms with Gasteiger partial charge in [0.1, 0.15) is 5.75 Å². The van der Waals surface area contributed by atoms with Gasteiger partial charge in [0.25, 0.3) is 11.8 Å². The summed E-state index contributed by atoms with van der Waals surface area (Å²) in [6.07, 6.45) is 1.68. The standard InChI is InChI=1S/C22H18BrN3O3S/c1-3-10-26-17-11-15(6-9-18(17)29-12-19(26)27)20-13(2)30-22(24-20)25-21(28)14-4-7-16(23)8-5-14/h3-9,11H,1,10,12H2,2H3,(H,24,25,28). The molecule has 0 saturated carbocycles. The molecule has 4 rings (SSSR count). The molecule has 2 aromatic carbocycles. The summed E-state index contributed by atoms with van der Waals surface area (Å²) in [4.78, 5) is 31.9. The van der Waals surface area contributed by atoms with Gasteiger partial charge in [0.05, 0.1) is 11.4 Å². The molecule has 1 N–H and O–H groups in total. The minimum absolute atomic E-state index is 0.0160. The third kappa shape index (κ3) is 4.01. The van der Waals surface area contributed by atoms with Crippen LogP contribution >= 0.6 is 27.3 Å². The van der Waals surface area contributed by atoms with Crippen molar-refractivity contribution in [2.75, 3.05) is 23.4 Å². The molecule has 8 heteroatoms. The fourth-order valence-electron chi connectivity index (χ4n) is 3.17. The molecule has 1 aromatic heterocycles. The summed E-state index contributed by atoms with van der Waals surface area (Å²) < 4.78 is 6.45. The van der Waals surface area contributed by atoms with Crippen molar-refractivity contribution < 1.29 is 14.3 Å². The topological polar surface area (TPSA) is 71.5 Å². The van der Waals surface area contributed by atoms with Gasteiger partial charge in [-0.2, -0.15) is 0 Å². The summed E-state index contributed by atoms with van der Waals surface area (Å²) in [5.41, 5.74) is 2.85. The Hall–Kier alpha value is -2.97. The molecule has 2 heterocycles. The zero-order valence-corrected chi connectivity index (χ0v) is 18.5. The van der Waals surface area contributed by atoms with E-state index in [1.165, 1.54) is 11.3 Å². The second kappa shape index (κ2) is 8.41. The molecule has 30 heavy (non-hydrogen) atoms. The van der Waals surface area contributed by atoms with E-state index in [-0.39, 0.29) is 18.4 Å². The minimum Gasteiger partial charge on any atom is -0.482 e. The lowest BCUT2D eigenvalue weighted by molar-refractivity contribution is -0.121. The zero-order valence-electron chi connectivity index (χ0n) is 16.1. The first-order valence-electron chi connectivity index (χ1n) is 9.19. The molecule has 3 aromatic rings. The van der Waals surface area contributed by atoms with E-state index in [2.05, 4.69) is 32.8 Å². The molecule has 0 atom stereocenters. The van der Waals surface area contributed by atoms with Gasteiger partial charge in [0, 0.05) is 27.0 Å². The summed E-state index contributed by atoms with van der Waals surface area (Å²) >= 11 is 4.77. The number of nitrogens with one attached hydrogen (secondary N) is 1. The number of carbonyl (C=O) groups is 2. The Kier molecular flexibility index (Phi) is 5.69. The predicted octanol–water partition coefficient (Wildman–Crippen LogP) is 5.04. The molecule has 0 radical (unpaired) electrons. The summed E-state index contributed by atoms with van der Waals surface area (Å²) in [5.74, 6) is 0.318. The van der Waals surface area contributed by atoms with Crippen molar-refractivity contribution in [1.82, 2.24) is 4.98 Å². The number of halogens is 1. The number of fused-ring (bicyclic) bond motifs is 1. The smallest absolute Gasteiger partial charge is 0.265 e. The van der Waals surface area contributed by atoms with Crippen molar-refractivity contribution in [3.8, 4) is 17.0 Å². The first-order valence-corrected chi connectivity index (χ1v) is 10.8. The average Bonchev–Trinajstić information content (AvgIpc) is 3.10. The number of aromatic nitrogens is 1. The van der Waals surface area contributed by atoms with Crippen LogP contribution in [0.2, 0.25) is 0 Å². The molecule has 2 amide bonds. The zero-order chi connectivity index (χ0) is 21.3. The minimum atomic E-state index is -0.218. The largest absolute Gasteiger partial charge is 0.482 e. The lowest BCUT2D eigenvalue weighted by Crippen LogP contribution is -2.38. The number of ether oxygens (including phenoxy) is 1. The molecule has 0 fully saturated rings. The van der Waals surface area contributed by atoms with Crippen molar-refractivity contribution in [2.45, 2.75) is 6.92 Å². The monoisotopic (exact) mass is 483 g/mol. The van der Waals surface area contributed by atoms with E-state index in [9.17, 15) is 9.59 Å². The Labute approximate surface area is 186 Å². The van der Waals surface area contributed by atoms with Crippen LogP contribution in [0.3, 0.4) is 0 Å². The first-order chi connectivity index (χ1) is 14.5. The summed E-state index contributed by atoms with van der Waals surface area (Å²) in [6.45, 7) is 6.10. The van der Waals surface area contributed by atoms with Crippen LogP contribution in [-0.4, -0.2) is 29.9 Å². The van der Waals surface area contributed by atoms with E-state index < -0.39 is 0 Å². The molecule has 1 aliphatic heterocycles. The van der Waals surface area contributed by atoms with E-state index in [0.29, 0.717) is 28.7 Å². The molecule has 0 spiro atoms. The van der Waals surface area contributed by atoms with Crippen LogP contribution in [0.4, 0.5) is 10.8 Å². The van der Waals surface area contributed by atoms with Gasteiger partial charge in [0.2, 0.25) is 0 Å². The molecule has 0 unspecified atom stereocenters. The molecule has 0 bridgehead atoms. The third-order valence-electron chi connectivity index (χ3n) is 4.61. The highest BCUT2D eigenvalue weighted by Crippen LogP contribution is 2.38. The van der Waals surface area contributed by atoms with Gasteiger partial charge in [-0.05, 0) is 49.4 Å². The Morgan fingerprint density at radius 3 is 2.83 bits per heavy atom. The van der Waals surface area contributed by atoms with Crippen LogP contribution in [-0.2, 0) is 4.79 Å². The van der Waals surface area contributed by atoms with E-state index in [0.717, 1.165) is 20.6 Å². The van der Waals surface area contributed by atoms with Gasteiger partial charge in [-0.15, -0.1) is 17.9 Å². The normalized spacial score (nSPS) is 12.9. The van der Waals surface area contributed by atoms with Crippen molar-refractivity contribution in [3.63, 3.8) is 0 Å². The molecular weight excluding hydrogens is 466 g/mol. The highest BCUT2D eigenvalue weighted by Gasteiger charge is 2.25. The fraction of sp³-hybridized carbons (Fsp3) is 0.136. The van der Waals surface area contributed by atoms with Crippen molar-refractivity contribution in [3.05, 3.63) is 70.0 Å². The second-order valence-electron chi connectivity index (χ2n) is 6.65. The van der Waals surface area contributed by atoms with Crippen LogP contribution in [0.15, 0.2) is 59.6 Å². The Morgan fingerprint density at radius 2 is 2.10 bits per heavy atom. The van der Waals surface area contributed by atoms with Crippen LogP contribution in [0.5, 0.6) is 5.75 Å². The predicted molar refractivity (Wildman–Crippen MR) is 122 cm³/mol. The average molecular weight is 484 g/mol. The second-order valence-corrected chi connectivity index (χ2v) is 8.77. The van der Waals surface area contributed by atoms with Gasteiger partial charge in [-0.1, -0.05) is 22.0 Å². The van der Waals surface area contributed by atoms with Crippen LogP contribution in [0.25, 0.3) is 11.3 Å². The number of thiazole rings is 1. The summed E-state index contributed by atoms with van der Waals surface area (Å²) in [6, 6.07) is 12.8. The summed E-state index contributed by atoms with van der Waals surface area (Å²) in [7, 11) is 0. The molecule has 0 saturated heterocycles. The summed E-state index contributed by atoms with van der Waals surface area (Å²) in [5, 5.41) is 3.37. The molecule has 6 nitrogen and oxygen atoms in total. The van der Waals surface area contributed by atoms with E-state index in [1.807, 2.05) is 37.3 Å². The number of anilines is 2. The third-order valence-corrected chi connectivity index (χ3v) is 6.03. The number of carbonyl (C=O) groups excluding carboxylic acids is 2. The number of benzene rings is 2. The maximum atomic E-state index is 12.5. The van der Waals surface area contributed by atoms with Crippen LogP contribution in [0.1, 0.15) is 15.2 Å². The number of amides is 2. The van der Waals surface area contributed by atoms with Crippen LogP contribution < -0.4 is 15.0 Å². The Morgan fingerprint density at radius 1 is 1.33 bits per heavy atom. The molecule has 152 valence electrons. The van der Waals surface area contributed by atoms with Gasteiger partial charge in [-0.25, -0.2) is 4.98 Å². The maximum absolute atomic E-state index is 12.5.